The summed E-state index contributed by atoms with van der Waals surface area (Å²) >= 11 is 1.41. The minimum atomic E-state index is -0.214. The zero-order valence-corrected chi connectivity index (χ0v) is 12.0. The van der Waals surface area contributed by atoms with Crippen LogP contribution in [0.1, 0.15) is 46.6 Å². The molecule has 18 heavy (non-hydrogen) atoms. The molecule has 1 aromatic rings. The highest BCUT2D eigenvalue weighted by atomic mass is 32.2. The Morgan fingerprint density at radius 2 is 2.17 bits per heavy atom. The fraction of sp³-hybridized carbons (Fsp3) is 0.818. The van der Waals surface area contributed by atoms with E-state index < -0.39 is 0 Å². The summed E-state index contributed by atoms with van der Waals surface area (Å²) in [6.07, 6.45) is 2.25. The van der Waals surface area contributed by atoms with Gasteiger partial charge >= 0.3 is 0 Å². The minimum absolute atomic E-state index is 0.0119. The van der Waals surface area contributed by atoms with Crippen molar-refractivity contribution in [3.8, 4) is 0 Å². The number of tetrazole rings is 1. The van der Waals surface area contributed by atoms with Crippen molar-refractivity contribution in [1.82, 2.24) is 25.5 Å². The van der Waals surface area contributed by atoms with Crippen LogP contribution in [0.4, 0.5) is 0 Å². The molecule has 1 amide bonds. The summed E-state index contributed by atoms with van der Waals surface area (Å²) in [5, 5.41) is 15.1. The van der Waals surface area contributed by atoms with E-state index in [9.17, 15) is 4.79 Å². The lowest BCUT2D eigenvalue weighted by Gasteiger charge is -2.22. The van der Waals surface area contributed by atoms with Crippen molar-refractivity contribution in [1.29, 1.82) is 0 Å². The molecule has 0 spiro atoms. The molecule has 100 valence electrons. The van der Waals surface area contributed by atoms with Crippen molar-refractivity contribution in [2.45, 2.75) is 62.5 Å². The molecule has 1 fully saturated rings. The monoisotopic (exact) mass is 269 g/mol. The molecular formula is C11H19N5OS. The first-order chi connectivity index (χ1) is 8.37. The lowest BCUT2D eigenvalue weighted by atomic mass is 10.1. The zero-order valence-electron chi connectivity index (χ0n) is 11.2. The maximum atomic E-state index is 12.0. The third-order valence-corrected chi connectivity index (χ3v) is 3.55. The van der Waals surface area contributed by atoms with Crippen molar-refractivity contribution >= 4 is 17.7 Å². The van der Waals surface area contributed by atoms with Crippen molar-refractivity contribution in [3.05, 3.63) is 0 Å². The second-order valence-corrected chi connectivity index (χ2v) is 6.94. The van der Waals surface area contributed by atoms with Crippen molar-refractivity contribution in [2.75, 3.05) is 0 Å². The highest BCUT2D eigenvalue weighted by Crippen LogP contribution is 2.37. The minimum Gasteiger partial charge on any atom is -0.351 e. The van der Waals surface area contributed by atoms with Gasteiger partial charge < -0.3 is 5.32 Å². The second-order valence-electron chi connectivity index (χ2n) is 5.64. The number of rotatable bonds is 4. The SMILES string of the molecule is C[C@H](Sc1nnnn1C1CC1)C(=O)NC(C)(C)C. The molecule has 0 aromatic carbocycles. The Morgan fingerprint density at radius 1 is 1.50 bits per heavy atom. The summed E-state index contributed by atoms with van der Waals surface area (Å²) in [5.74, 6) is 0.0119. The van der Waals surface area contributed by atoms with Gasteiger partial charge in [-0.3, -0.25) is 4.79 Å². The summed E-state index contributed by atoms with van der Waals surface area (Å²) in [4.78, 5) is 12.0. The average molecular weight is 269 g/mol. The average Bonchev–Trinajstić information content (AvgIpc) is 2.97. The van der Waals surface area contributed by atoms with Gasteiger partial charge in [0.25, 0.3) is 0 Å². The fourth-order valence-corrected chi connectivity index (χ4v) is 2.35. The molecule has 1 N–H and O–H groups in total. The molecule has 1 saturated carbocycles. The van der Waals surface area contributed by atoms with Crippen molar-refractivity contribution < 1.29 is 4.79 Å². The number of aromatic nitrogens is 4. The van der Waals surface area contributed by atoms with Gasteiger partial charge in [0.1, 0.15) is 0 Å². The highest BCUT2D eigenvalue weighted by molar-refractivity contribution is 8.00. The first kappa shape index (κ1) is 13.3. The van der Waals surface area contributed by atoms with Crippen LogP contribution in [-0.2, 0) is 4.79 Å². The smallest absolute Gasteiger partial charge is 0.233 e. The van der Waals surface area contributed by atoms with Crippen LogP contribution in [0.3, 0.4) is 0 Å². The molecule has 0 unspecified atom stereocenters. The highest BCUT2D eigenvalue weighted by Gasteiger charge is 2.29. The van der Waals surface area contributed by atoms with Crippen LogP contribution in [0.25, 0.3) is 0 Å². The summed E-state index contributed by atoms with van der Waals surface area (Å²) in [7, 11) is 0. The predicted molar refractivity (Wildman–Crippen MR) is 69.3 cm³/mol. The van der Waals surface area contributed by atoms with Crippen LogP contribution in [0.5, 0.6) is 0 Å². The van der Waals surface area contributed by atoms with E-state index in [0.717, 1.165) is 18.0 Å². The first-order valence-corrected chi connectivity index (χ1v) is 7.01. The van der Waals surface area contributed by atoms with E-state index in [4.69, 9.17) is 0 Å². The summed E-state index contributed by atoms with van der Waals surface area (Å²) in [6.45, 7) is 7.78. The molecule has 0 saturated heterocycles. The van der Waals surface area contributed by atoms with Gasteiger partial charge in [-0.25, -0.2) is 4.68 Å². The molecule has 1 aromatic heterocycles. The van der Waals surface area contributed by atoms with Gasteiger partial charge in [0, 0.05) is 5.54 Å². The number of carbonyl (C=O) groups is 1. The van der Waals surface area contributed by atoms with E-state index >= 15 is 0 Å². The molecule has 1 heterocycles. The second kappa shape index (κ2) is 4.87. The van der Waals surface area contributed by atoms with E-state index in [0.29, 0.717) is 6.04 Å². The van der Waals surface area contributed by atoms with Gasteiger partial charge in [-0.2, -0.15) is 0 Å². The summed E-state index contributed by atoms with van der Waals surface area (Å²) in [6, 6.07) is 0.431. The largest absolute Gasteiger partial charge is 0.351 e. The molecular weight excluding hydrogens is 250 g/mol. The van der Waals surface area contributed by atoms with Gasteiger partial charge in [-0.05, 0) is 51.0 Å². The Hall–Kier alpha value is -1.11. The fourth-order valence-electron chi connectivity index (χ4n) is 1.49. The van der Waals surface area contributed by atoms with E-state index in [1.54, 1.807) is 0 Å². The Morgan fingerprint density at radius 3 is 2.72 bits per heavy atom. The summed E-state index contributed by atoms with van der Waals surface area (Å²) < 4.78 is 1.82. The van der Waals surface area contributed by atoms with Crippen LogP contribution < -0.4 is 5.32 Å². The van der Waals surface area contributed by atoms with E-state index in [1.807, 2.05) is 32.4 Å². The quantitative estimate of drug-likeness (QED) is 0.837. The van der Waals surface area contributed by atoms with Gasteiger partial charge in [0.2, 0.25) is 11.1 Å². The lowest BCUT2D eigenvalue weighted by molar-refractivity contribution is -0.121. The standard InChI is InChI=1S/C11H19N5OS/c1-7(9(17)12-11(2,3)4)18-10-13-14-15-16(10)8-5-6-8/h7-8H,5-6H2,1-4H3,(H,12,17)/t7-/m0/s1. The predicted octanol–water partition coefficient (Wildman–Crippen LogP) is 1.40. The van der Waals surface area contributed by atoms with Gasteiger partial charge in [0.05, 0.1) is 11.3 Å². The van der Waals surface area contributed by atoms with Gasteiger partial charge in [-0.1, -0.05) is 11.8 Å². The lowest BCUT2D eigenvalue weighted by Crippen LogP contribution is -2.44. The van der Waals surface area contributed by atoms with E-state index in [-0.39, 0.29) is 16.7 Å². The van der Waals surface area contributed by atoms with Crippen LogP contribution in [-0.4, -0.2) is 36.9 Å². The van der Waals surface area contributed by atoms with Crippen LogP contribution >= 0.6 is 11.8 Å². The number of hydrogen-bond acceptors (Lipinski definition) is 5. The Labute approximate surface area is 111 Å². The number of amides is 1. The van der Waals surface area contributed by atoms with Gasteiger partial charge in [-0.15, -0.1) is 5.10 Å². The normalized spacial score (nSPS) is 17.6. The van der Waals surface area contributed by atoms with Crippen molar-refractivity contribution in [3.63, 3.8) is 0 Å². The number of nitrogens with one attached hydrogen (secondary N) is 1. The summed E-state index contributed by atoms with van der Waals surface area (Å²) in [5.41, 5.74) is -0.214. The van der Waals surface area contributed by atoms with E-state index in [1.165, 1.54) is 11.8 Å². The van der Waals surface area contributed by atoms with E-state index in [2.05, 4.69) is 20.8 Å². The van der Waals surface area contributed by atoms with Gasteiger partial charge in [0.15, 0.2) is 0 Å². The molecule has 1 aliphatic rings. The molecule has 0 aliphatic heterocycles. The number of thioether (sulfide) groups is 1. The maximum absolute atomic E-state index is 12.0. The number of nitrogens with zero attached hydrogens (tertiary/aromatic N) is 4. The van der Waals surface area contributed by atoms with Crippen LogP contribution in [0.2, 0.25) is 0 Å². The van der Waals surface area contributed by atoms with Crippen molar-refractivity contribution in [2.24, 2.45) is 0 Å². The third-order valence-electron chi connectivity index (χ3n) is 2.50. The Bertz CT molecular complexity index is 435. The molecule has 6 nitrogen and oxygen atoms in total. The topological polar surface area (TPSA) is 72.7 Å². The maximum Gasteiger partial charge on any atom is 0.233 e. The molecule has 7 heteroatoms. The molecule has 1 aliphatic carbocycles. The first-order valence-electron chi connectivity index (χ1n) is 6.13. The van der Waals surface area contributed by atoms with Crippen LogP contribution in [0.15, 0.2) is 5.16 Å². The Kier molecular flexibility index (Phi) is 3.61. The number of hydrogen-bond donors (Lipinski definition) is 1. The van der Waals surface area contributed by atoms with Crippen LogP contribution in [0, 0.1) is 0 Å². The zero-order chi connectivity index (χ0) is 13.3. The molecule has 2 rings (SSSR count). The molecule has 0 bridgehead atoms. The molecule has 0 radical (unpaired) electrons. The Balaban J connectivity index is 1.96. The number of carbonyl (C=O) groups excluding carboxylic acids is 1. The molecule has 1 atom stereocenters. The third kappa shape index (κ3) is 3.44.